The lowest BCUT2D eigenvalue weighted by Gasteiger charge is -2.06. The van der Waals surface area contributed by atoms with E-state index >= 15 is 0 Å². The van der Waals surface area contributed by atoms with Crippen LogP contribution in [0.1, 0.15) is 12.5 Å². The van der Waals surface area contributed by atoms with Crippen molar-refractivity contribution in [3.63, 3.8) is 0 Å². The maximum Gasteiger partial charge on any atom is 0.242 e. The van der Waals surface area contributed by atoms with Crippen LogP contribution in [0.4, 0.5) is 5.69 Å². The first kappa shape index (κ1) is 11.5. The number of nitrogens with zero attached hydrogens (tertiary/aromatic N) is 1. The first-order chi connectivity index (χ1) is 7.13. The van der Waals surface area contributed by atoms with Gasteiger partial charge in [-0.25, -0.2) is 0 Å². The second-order valence-electron chi connectivity index (χ2n) is 3.14. The summed E-state index contributed by atoms with van der Waals surface area (Å²) in [6.07, 6.45) is 0.375. The second-order valence-corrected chi connectivity index (χ2v) is 3.79. The number of halogens is 1. The minimum atomic E-state index is -0.552. The standard InChI is InChI=1S/C11H11ClN2O/c1-8(12)11(15)14-10-4-2-9(3-5-10)6-7-13/h2-5,8H,6H2,1H3,(H,14,15)/t8-/m1/s1. The Balaban J connectivity index is 2.65. The zero-order valence-corrected chi connectivity index (χ0v) is 9.08. The van der Waals surface area contributed by atoms with E-state index in [1.807, 2.05) is 0 Å². The summed E-state index contributed by atoms with van der Waals surface area (Å²) in [5.41, 5.74) is 1.61. The van der Waals surface area contributed by atoms with Crippen LogP contribution in [0.25, 0.3) is 0 Å². The van der Waals surface area contributed by atoms with Crippen LogP contribution in [-0.2, 0) is 11.2 Å². The summed E-state index contributed by atoms with van der Waals surface area (Å²) >= 11 is 5.60. The van der Waals surface area contributed by atoms with Crippen LogP contribution in [-0.4, -0.2) is 11.3 Å². The molecule has 15 heavy (non-hydrogen) atoms. The molecule has 3 nitrogen and oxygen atoms in total. The molecule has 78 valence electrons. The van der Waals surface area contributed by atoms with E-state index in [2.05, 4.69) is 11.4 Å². The summed E-state index contributed by atoms with van der Waals surface area (Å²) in [6.45, 7) is 1.61. The Morgan fingerprint density at radius 3 is 2.60 bits per heavy atom. The molecule has 1 N–H and O–H groups in total. The number of alkyl halides is 1. The molecule has 0 spiro atoms. The van der Waals surface area contributed by atoms with Gasteiger partial charge >= 0.3 is 0 Å². The van der Waals surface area contributed by atoms with Gasteiger partial charge in [-0.1, -0.05) is 12.1 Å². The van der Waals surface area contributed by atoms with Gasteiger partial charge in [0.05, 0.1) is 12.5 Å². The van der Waals surface area contributed by atoms with Crippen LogP contribution in [0.3, 0.4) is 0 Å². The third kappa shape index (κ3) is 3.61. The minimum absolute atomic E-state index is 0.232. The normalized spacial score (nSPS) is 11.5. The quantitative estimate of drug-likeness (QED) is 0.798. The number of amides is 1. The summed E-state index contributed by atoms with van der Waals surface area (Å²) < 4.78 is 0. The van der Waals surface area contributed by atoms with E-state index in [-0.39, 0.29) is 5.91 Å². The summed E-state index contributed by atoms with van der Waals surface area (Å²) in [4.78, 5) is 11.2. The van der Waals surface area contributed by atoms with Crippen LogP contribution < -0.4 is 5.32 Å². The van der Waals surface area contributed by atoms with Crippen molar-refractivity contribution in [2.45, 2.75) is 18.7 Å². The summed E-state index contributed by atoms with van der Waals surface area (Å²) in [5, 5.41) is 10.6. The number of carbonyl (C=O) groups excluding carboxylic acids is 1. The largest absolute Gasteiger partial charge is 0.325 e. The maximum absolute atomic E-state index is 11.2. The van der Waals surface area contributed by atoms with Crippen LogP contribution in [0, 0.1) is 11.3 Å². The molecular weight excluding hydrogens is 212 g/mol. The SMILES string of the molecule is C[C@@H](Cl)C(=O)Nc1ccc(CC#N)cc1. The Bertz CT molecular complexity index is 379. The predicted molar refractivity (Wildman–Crippen MR) is 59.7 cm³/mol. The van der Waals surface area contributed by atoms with Gasteiger partial charge in [-0.3, -0.25) is 4.79 Å². The number of benzene rings is 1. The molecule has 0 saturated heterocycles. The smallest absolute Gasteiger partial charge is 0.242 e. The summed E-state index contributed by atoms with van der Waals surface area (Å²) in [6, 6.07) is 9.17. The number of nitrogens with one attached hydrogen (secondary N) is 1. The molecule has 1 rings (SSSR count). The Morgan fingerprint density at radius 2 is 2.13 bits per heavy atom. The number of anilines is 1. The number of rotatable bonds is 3. The second kappa shape index (κ2) is 5.38. The van der Waals surface area contributed by atoms with Crippen molar-refractivity contribution >= 4 is 23.2 Å². The minimum Gasteiger partial charge on any atom is -0.325 e. The van der Waals surface area contributed by atoms with Gasteiger partial charge in [0.25, 0.3) is 0 Å². The molecule has 0 aliphatic heterocycles. The molecule has 0 unspecified atom stereocenters. The van der Waals surface area contributed by atoms with Gasteiger partial charge in [-0.15, -0.1) is 11.6 Å². The number of nitriles is 1. The Hall–Kier alpha value is -1.53. The Labute approximate surface area is 93.7 Å². The van der Waals surface area contributed by atoms with Gasteiger partial charge in [-0.05, 0) is 24.6 Å². The van der Waals surface area contributed by atoms with Crippen molar-refractivity contribution in [2.24, 2.45) is 0 Å². The van der Waals surface area contributed by atoms with E-state index in [9.17, 15) is 4.79 Å². The van der Waals surface area contributed by atoms with Crippen LogP contribution in [0.5, 0.6) is 0 Å². The lowest BCUT2D eigenvalue weighted by atomic mass is 10.1. The van der Waals surface area contributed by atoms with Crippen molar-refractivity contribution < 1.29 is 4.79 Å². The maximum atomic E-state index is 11.2. The van der Waals surface area contributed by atoms with Crippen molar-refractivity contribution in [2.75, 3.05) is 5.32 Å². The van der Waals surface area contributed by atoms with E-state index in [1.54, 1.807) is 31.2 Å². The van der Waals surface area contributed by atoms with E-state index in [4.69, 9.17) is 16.9 Å². The van der Waals surface area contributed by atoms with Gasteiger partial charge in [0.2, 0.25) is 5.91 Å². The van der Waals surface area contributed by atoms with E-state index in [0.29, 0.717) is 12.1 Å². The monoisotopic (exact) mass is 222 g/mol. The molecule has 1 aromatic carbocycles. The van der Waals surface area contributed by atoms with E-state index in [0.717, 1.165) is 5.56 Å². The van der Waals surface area contributed by atoms with Crippen molar-refractivity contribution in [3.8, 4) is 6.07 Å². The topological polar surface area (TPSA) is 52.9 Å². The highest BCUT2D eigenvalue weighted by atomic mass is 35.5. The highest BCUT2D eigenvalue weighted by Crippen LogP contribution is 2.11. The molecule has 0 heterocycles. The predicted octanol–water partition coefficient (Wildman–Crippen LogP) is 2.32. The van der Waals surface area contributed by atoms with Crippen molar-refractivity contribution in [3.05, 3.63) is 29.8 Å². The van der Waals surface area contributed by atoms with Crippen LogP contribution in [0.15, 0.2) is 24.3 Å². The fraction of sp³-hybridized carbons (Fsp3) is 0.273. The molecule has 0 aromatic heterocycles. The fourth-order valence-corrected chi connectivity index (χ4v) is 1.09. The van der Waals surface area contributed by atoms with E-state index < -0.39 is 5.38 Å². The highest BCUT2D eigenvalue weighted by Gasteiger charge is 2.08. The molecule has 0 bridgehead atoms. The molecular formula is C11H11ClN2O. The Kier molecular flexibility index (Phi) is 4.14. The van der Waals surface area contributed by atoms with Crippen molar-refractivity contribution in [1.82, 2.24) is 0 Å². The van der Waals surface area contributed by atoms with Crippen molar-refractivity contribution in [1.29, 1.82) is 5.26 Å². The molecule has 1 atom stereocenters. The lowest BCUT2D eigenvalue weighted by Crippen LogP contribution is -2.20. The Morgan fingerprint density at radius 1 is 1.53 bits per heavy atom. The zero-order valence-electron chi connectivity index (χ0n) is 8.33. The molecule has 4 heteroatoms. The number of hydrogen-bond acceptors (Lipinski definition) is 2. The van der Waals surface area contributed by atoms with E-state index in [1.165, 1.54) is 0 Å². The lowest BCUT2D eigenvalue weighted by molar-refractivity contribution is -0.115. The third-order valence-electron chi connectivity index (χ3n) is 1.87. The molecule has 0 aliphatic rings. The van der Waals surface area contributed by atoms with Crippen LogP contribution in [0.2, 0.25) is 0 Å². The number of carbonyl (C=O) groups is 1. The van der Waals surface area contributed by atoms with Gasteiger partial charge < -0.3 is 5.32 Å². The zero-order chi connectivity index (χ0) is 11.3. The highest BCUT2D eigenvalue weighted by molar-refractivity contribution is 6.32. The van der Waals surface area contributed by atoms with Gasteiger partial charge in [0.1, 0.15) is 5.38 Å². The van der Waals surface area contributed by atoms with Gasteiger partial charge in [-0.2, -0.15) is 5.26 Å². The third-order valence-corrected chi connectivity index (χ3v) is 2.06. The fourth-order valence-electron chi connectivity index (χ4n) is 1.04. The molecule has 1 aromatic rings. The van der Waals surface area contributed by atoms with Gasteiger partial charge in [0.15, 0.2) is 0 Å². The first-order valence-corrected chi connectivity index (χ1v) is 4.98. The molecule has 0 aliphatic carbocycles. The molecule has 0 radical (unpaired) electrons. The molecule has 1 amide bonds. The average molecular weight is 223 g/mol. The van der Waals surface area contributed by atoms with Crippen LogP contribution >= 0.6 is 11.6 Å². The molecule has 0 fully saturated rings. The van der Waals surface area contributed by atoms with Gasteiger partial charge in [0, 0.05) is 5.69 Å². The first-order valence-electron chi connectivity index (χ1n) is 4.54. The summed E-state index contributed by atoms with van der Waals surface area (Å²) in [5.74, 6) is -0.232. The summed E-state index contributed by atoms with van der Waals surface area (Å²) in [7, 11) is 0. The number of hydrogen-bond donors (Lipinski definition) is 1. The molecule has 0 saturated carbocycles. The average Bonchev–Trinajstić information content (AvgIpc) is 2.21.